The number of aryl methyl sites for hydroxylation is 1. The first kappa shape index (κ1) is 13.1. The highest BCUT2D eigenvalue weighted by molar-refractivity contribution is 7.91. The Hall–Kier alpha value is -1.36. The SMILES string of the molecule is CC(=O)N(c1cccc(C)c1)[C@H]1CCS(=O)(=O)C1. The molecular weight excluding hydrogens is 250 g/mol. The van der Waals surface area contributed by atoms with Crippen LogP contribution >= 0.6 is 0 Å². The molecule has 1 aliphatic heterocycles. The van der Waals surface area contributed by atoms with Crippen LogP contribution in [0, 0.1) is 6.92 Å². The Balaban J connectivity index is 2.33. The van der Waals surface area contributed by atoms with Gasteiger partial charge in [-0.2, -0.15) is 0 Å². The van der Waals surface area contributed by atoms with Crippen molar-refractivity contribution in [2.75, 3.05) is 16.4 Å². The monoisotopic (exact) mass is 267 g/mol. The number of amides is 1. The van der Waals surface area contributed by atoms with Gasteiger partial charge >= 0.3 is 0 Å². The van der Waals surface area contributed by atoms with E-state index >= 15 is 0 Å². The van der Waals surface area contributed by atoms with E-state index in [0.717, 1.165) is 11.3 Å². The molecule has 1 saturated heterocycles. The predicted molar refractivity (Wildman–Crippen MR) is 71.4 cm³/mol. The largest absolute Gasteiger partial charge is 0.309 e. The van der Waals surface area contributed by atoms with Crippen LogP contribution in [0.25, 0.3) is 0 Å². The molecule has 1 heterocycles. The van der Waals surface area contributed by atoms with Gasteiger partial charge in [0.25, 0.3) is 0 Å². The van der Waals surface area contributed by atoms with E-state index in [4.69, 9.17) is 0 Å². The Morgan fingerprint density at radius 3 is 2.61 bits per heavy atom. The van der Waals surface area contributed by atoms with E-state index in [0.29, 0.717) is 6.42 Å². The van der Waals surface area contributed by atoms with E-state index < -0.39 is 9.84 Å². The predicted octanol–water partition coefficient (Wildman–Crippen LogP) is 1.54. The Labute approximate surface area is 108 Å². The van der Waals surface area contributed by atoms with Gasteiger partial charge in [-0.1, -0.05) is 12.1 Å². The smallest absolute Gasteiger partial charge is 0.224 e. The summed E-state index contributed by atoms with van der Waals surface area (Å²) in [6, 6.07) is 7.36. The molecule has 0 aliphatic carbocycles. The molecule has 0 unspecified atom stereocenters. The standard InChI is InChI=1S/C13H17NO3S/c1-10-4-3-5-12(8-10)14(11(2)15)13-6-7-18(16,17)9-13/h3-5,8,13H,6-7,9H2,1-2H3/t13-/m0/s1. The number of carbonyl (C=O) groups is 1. The fourth-order valence-electron chi connectivity index (χ4n) is 2.41. The summed E-state index contributed by atoms with van der Waals surface area (Å²) < 4.78 is 23.1. The summed E-state index contributed by atoms with van der Waals surface area (Å²) in [7, 11) is -2.99. The van der Waals surface area contributed by atoms with Crippen LogP contribution < -0.4 is 4.90 Å². The number of anilines is 1. The second-order valence-electron chi connectivity index (χ2n) is 4.78. The van der Waals surface area contributed by atoms with Crippen LogP contribution in [-0.4, -0.2) is 31.9 Å². The summed E-state index contributed by atoms with van der Waals surface area (Å²) in [5, 5.41) is 0. The highest BCUT2D eigenvalue weighted by Crippen LogP contribution is 2.25. The van der Waals surface area contributed by atoms with E-state index in [1.54, 1.807) is 4.90 Å². The summed E-state index contributed by atoms with van der Waals surface area (Å²) >= 11 is 0. The topological polar surface area (TPSA) is 54.5 Å². The third kappa shape index (κ3) is 2.72. The minimum Gasteiger partial charge on any atom is -0.309 e. The molecule has 1 atom stereocenters. The van der Waals surface area contributed by atoms with Crippen molar-refractivity contribution in [1.29, 1.82) is 0 Å². The molecule has 0 radical (unpaired) electrons. The zero-order valence-corrected chi connectivity index (χ0v) is 11.4. The van der Waals surface area contributed by atoms with E-state index in [1.807, 2.05) is 31.2 Å². The number of carbonyl (C=O) groups excluding carboxylic acids is 1. The van der Waals surface area contributed by atoms with Crippen LogP contribution in [0.1, 0.15) is 18.9 Å². The van der Waals surface area contributed by atoms with E-state index in [-0.39, 0.29) is 23.5 Å². The van der Waals surface area contributed by atoms with Crippen molar-refractivity contribution in [2.45, 2.75) is 26.3 Å². The van der Waals surface area contributed by atoms with Crippen molar-refractivity contribution in [3.05, 3.63) is 29.8 Å². The van der Waals surface area contributed by atoms with Crippen LogP contribution in [0.4, 0.5) is 5.69 Å². The van der Waals surface area contributed by atoms with Crippen molar-refractivity contribution in [3.63, 3.8) is 0 Å². The molecule has 0 saturated carbocycles. The molecule has 2 rings (SSSR count). The molecule has 0 bridgehead atoms. The van der Waals surface area contributed by atoms with Crippen LogP contribution in [0.15, 0.2) is 24.3 Å². The van der Waals surface area contributed by atoms with Crippen molar-refractivity contribution in [1.82, 2.24) is 0 Å². The number of sulfone groups is 1. The summed E-state index contributed by atoms with van der Waals surface area (Å²) in [5.74, 6) is 0.135. The van der Waals surface area contributed by atoms with E-state index in [9.17, 15) is 13.2 Å². The van der Waals surface area contributed by atoms with Crippen molar-refractivity contribution >= 4 is 21.4 Å². The first-order valence-corrected chi connectivity index (χ1v) is 7.78. The first-order valence-electron chi connectivity index (χ1n) is 5.96. The molecule has 5 heteroatoms. The number of nitrogens with zero attached hydrogens (tertiary/aromatic N) is 1. The molecule has 1 aliphatic rings. The highest BCUT2D eigenvalue weighted by atomic mass is 32.2. The van der Waals surface area contributed by atoms with Crippen LogP contribution in [-0.2, 0) is 14.6 Å². The molecule has 18 heavy (non-hydrogen) atoms. The van der Waals surface area contributed by atoms with Crippen molar-refractivity contribution in [3.8, 4) is 0 Å². The molecule has 4 nitrogen and oxygen atoms in total. The van der Waals surface area contributed by atoms with Crippen LogP contribution in [0.3, 0.4) is 0 Å². The normalized spacial score (nSPS) is 21.8. The Morgan fingerprint density at radius 2 is 2.11 bits per heavy atom. The number of hydrogen-bond acceptors (Lipinski definition) is 3. The molecule has 0 N–H and O–H groups in total. The zero-order valence-electron chi connectivity index (χ0n) is 10.6. The zero-order chi connectivity index (χ0) is 13.3. The maximum atomic E-state index is 11.8. The minimum absolute atomic E-state index is 0.0700. The Kier molecular flexibility index (Phi) is 3.43. The van der Waals surface area contributed by atoms with E-state index in [1.165, 1.54) is 6.92 Å². The molecule has 1 aromatic carbocycles. The third-order valence-corrected chi connectivity index (χ3v) is 4.94. The summed E-state index contributed by atoms with van der Waals surface area (Å²) in [6.07, 6.45) is 0.524. The van der Waals surface area contributed by atoms with Crippen molar-refractivity contribution < 1.29 is 13.2 Å². The van der Waals surface area contributed by atoms with Gasteiger partial charge in [-0.3, -0.25) is 4.79 Å². The van der Waals surface area contributed by atoms with Crippen LogP contribution in [0.5, 0.6) is 0 Å². The molecule has 1 fully saturated rings. The van der Waals surface area contributed by atoms with Gasteiger partial charge in [0, 0.05) is 12.6 Å². The molecule has 98 valence electrons. The van der Waals surface area contributed by atoms with Crippen LogP contribution in [0.2, 0.25) is 0 Å². The summed E-state index contributed by atoms with van der Waals surface area (Å²) in [4.78, 5) is 13.4. The fourth-order valence-corrected chi connectivity index (χ4v) is 4.11. The van der Waals surface area contributed by atoms with Gasteiger partial charge in [0.2, 0.25) is 5.91 Å². The maximum Gasteiger partial charge on any atom is 0.224 e. The lowest BCUT2D eigenvalue weighted by molar-refractivity contribution is -0.116. The van der Waals surface area contributed by atoms with Gasteiger partial charge in [0.1, 0.15) is 0 Å². The Bertz CT molecular complexity index is 565. The van der Waals surface area contributed by atoms with Gasteiger partial charge in [-0.15, -0.1) is 0 Å². The van der Waals surface area contributed by atoms with Gasteiger partial charge in [0.15, 0.2) is 9.84 Å². The number of hydrogen-bond donors (Lipinski definition) is 0. The summed E-state index contributed by atoms with van der Waals surface area (Å²) in [5.41, 5.74) is 1.84. The fraction of sp³-hybridized carbons (Fsp3) is 0.462. The molecule has 0 aromatic heterocycles. The first-order chi connectivity index (χ1) is 8.39. The number of rotatable bonds is 2. The number of benzene rings is 1. The molecule has 1 aromatic rings. The highest BCUT2D eigenvalue weighted by Gasteiger charge is 2.34. The second-order valence-corrected chi connectivity index (χ2v) is 7.01. The quantitative estimate of drug-likeness (QED) is 0.816. The van der Waals surface area contributed by atoms with Gasteiger partial charge in [-0.05, 0) is 31.0 Å². The van der Waals surface area contributed by atoms with Crippen molar-refractivity contribution in [2.24, 2.45) is 0 Å². The van der Waals surface area contributed by atoms with Gasteiger partial charge < -0.3 is 4.90 Å². The average Bonchev–Trinajstić information content (AvgIpc) is 2.58. The lowest BCUT2D eigenvalue weighted by Gasteiger charge is -2.27. The molecule has 0 spiro atoms. The summed E-state index contributed by atoms with van der Waals surface area (Å²) in [6.45, 7) is 3.43. The Morgan fingerprint density at radius 1 is 1.39 bits per heavy atom. The van der Waals surface area contributed by atoms with Gasteiger partial charge in [-0.25, -0.2) is 8.42 Å². The molecule has 1 amide bonds. The molecular formula is C13H17NO3S. The lowest BCUT2D eigenvalue weighted by Crippen LogP contribution is -2.39. The maximum absolute atomic E-state index is 11.8. The second kappa shape index (κ2) is 4.72. The minimum atomic E-state index is -2.99. The van der Waals surface area contributed by atoms with E-state index in [2.05, 4.69) is 0 Å². The lowest BCUT2D eigenvalue weighted by atomic mass is 10.1. The average molecular weight is 267 g/mol. The third-order valence-electron chi connectivity index (χ3n) is 3.19. The van der Waals surface area contributed by atoms with Gasteiger partial charge in [0.05, 0.1) is 17.5 Å².